The van der Waals surface area contributed by atoms with E-state index in [1.54, 1.807) is 0 Å². The molecular weight excluding hydrogens is 275 g/mol. The Bertz CT molecular complexity index is 593. The van der Waals surface area contributed by atoms with Crippen molar-refractivity contribution in [1.29, 1.82) is 0 Å². The lowest BCUT2D eigenvalue weighted by Gasteiger charge is -2.18. The first-order chi connectivity index (χ1) is 9.49. The maximum Gasteiger partial charge on any atom is 0.123 e. The molecule has 0 fully saturated rings. The maximum absolute atomic E-state index is 13.5. The van der Waals surface area contributed by atoms with Gasteiger partial charge in [0.25, 0.3) is 0 Å². The number of nitrogens with two attached hydrogens (primary N) is 1. The van der Waals surface area contributed by atoms with Crippen LogP contribution in [0, 0.1) is 19.7 Å². The average Bonchev–Trinajstić information content (AvgIpc) is 2.36. The van der Waals surface area contributed by atoms with Gasteiger partial charge in [-0.1, -0.05) is 29.8 Å². The molecule has 4 heteroatoms. The Morgan fingerprint density at radius 1 is 1.15 bits per heavy atom. The standard InChI is InChI=1S/C16H18ClFN2/c1-10-3-4-12(15(17)7-10)9-16(20-19)13-5-11(2)6-14(18)8-13/h3-8,16,20H,9,19H2,1-2H3. The summed E-state index contributed by atoms with van der Waals surface area (Å²) in [5.74, 6) is 5.36. The molecule has 20 heavy (non-hydrogen) atoms. The van der Waals surface area contributed by atoms with Gasteiger partial charge in [0, 0.05) is 5.02 Å². The summed E-state index contributed by atoms with van der Waals surface area (Å²) in [6.07, 6.45) is 0.610. The predicted octanol–water partition coefficient (Wildman–Crippen LogP) is 3.84. The number of hydrogen-bond donors (Lipinski definition) is 2. The largest absolute Gasteiger partial charge is 0.271 e. The van der Waals surface area contributed by atoms with Crippen LogP contribution in [-0.4, -0.2) is 0 Å². The first-order valence-corrected chi connectivity index (χ1v) is 6.85. The predicted molar refractivity (Wildman–Crippen MR) is 81.1 cm³/mol. The number of aryl methyl sites for hydroxylation is 2. The second-order valence-corrected chi connectivity index (χ2v) is 5.49. The molecule has 0 saturated heterocycles. The molecule has 2 aromatic carbocycles. The van der Waals surface area contributed by atoms with Crippen LogP contribution in [0.25, 0.3) is 0 Å². The highest BCUT2D eigenvalue weighted by Gasteiger charge is 2.14. The van der Waals surface area contributed by atoms with Gasteiger partial charge in [-0.15, -0.1) is 0 Å². The Morgan fingerprint density at radius 2 is 1.90 bits per heavy atom. The van der Waals surface area contributed by atoms with Crippen LogP contribution in [0.2, 0.25) is 5.02 Å². The molecule has 0 aliphatic carbocycles. The third-order valence-electron chi connectivity index (χ3n) is 3.30. The minimum atomic E-state index is -0.254. The van der Waals surface area contributed by atoms with E-state index in [0.717, 1.165) is 22.3 Å². The zero-order valence-electron chi connectivity index (χ0n) is 11.6. The van der Waals surface area contributed by atoms with E-state index in [0.29, 0.717) is 11.4 Å². The van der Waals surface area contributed by atoms with Gasteiger partial charge in [0.1, 0.15) is 5.82 Å². The lowest BCUT2D eigenvalue weighted by molar-refractivity contribution is 0.544. The third-order valence-corrected chi connectivity index (χ3v) is 3.65. The summed E-state index contributed by atoms with van der Waals surface area (Å²) in [5, 5.41) is 0.707. The van der Waals surface area contributed by atoms with Crippen LogP contribution in [0.3, 0.4) is 0 Å². The van der Waals surface area contributed by atoms with Gasteiger partial charge in [-0.3, -0.25) is 11.3 Å². The Hall–Kier alpha value is -1.42. The number of nitrogens with one attached hydrogen (secondary N) is 1. The molecule has 0 aliphatic rings. The molecule has 2 rings (SSSR count). The first-order valence-electron chi connectivity index (χ1n) is 6.48. The quantitative estimate of drug-likeness (QED) is 0.664. The summed E-state index contributed by atoms with van der Waals surface area (Å²) in [6.45, 7) is 3.85. The molecule has 2 nitrogen and oxygen atoms in total. The molecule has 2 aromatic rings. The zero-order chi connectivity index (χ0) is 14.7. The van der Waals surface area contributed by atoms with E-state index in [2.05, 4.69) is 5.43 Å². The molecule has 0 bridgehead atoms. The van der Waals surface area contributed by atoms with Crippen molar-refractivity contribution in [2.45, 2.75) is 26.3 Å². The second-order valence-electron chi connectivity index (χ2n) is 5.08. The van der Waals surface area contributed by atoms with Crippen molar-refractivity contribution in [3.63, 3.8) is 0 Å². The van der Waals surface area contributed by atoms with Gasteiger partial charge in [-0.2, -0.15) is 0 Å². The van der Waals surface area contributed by atoms with E-state index >= 15 is 0 Å². The number of benzene rings is 2. The van der Waals surface area contributed by atoms with Gasteiger partial charge in [0.05, 0.1) is 6.04 Å². The Labute approximate surface area is 123 Å². The Morgan fingerprint density at radius 3 is 2.50 bits per heavy atom. The number of halogens is 2. The summed E-state index contributed by atoms with van der Waals surface area (Å²) < 4.78 is 13.5. The van der Waals surface area contributed by atoms with E-state index in [1.165, 1.54) is 12.1 Å². The first kappa shape index (κ1) is 15.0. The Kier molecular flexibility index (Phi) is 4.76. The second kappa shape index (κ2) is 6.35. The summed E-state index contributed by atoms with van der Waals surface area (Å²) in [5.41, 5.74) is 6.53. The van der Waals surface area contributed by atoms with E-state index in [9.17, 15) is 4.39 Å². The van der Waals surface area contributed by atoms with Crippen molar-refractivity contribution in [3.8, 4) is 0 Å². The normalized spacial score (nSPS) is 12.4. The van der Waals surface area contributed by atoms with Crippen molar-refractivity contribution in [2.24, 2.45) is 5.84 Å². The summed E-state index contributed by atoms with van der Waals surface area (Å²) in [7, 11) is 0. The molecule has 3 N–H and O–H groups in total. The highest BCUT2D eigenvalue weighted by atomic mass is 35.5. The lowest BCUT2D eigenvalue weighted by Crippen LogP contribution is -2.29. The van der Waals surface area contributed by atoms with Gasteiger partial charge < -0.3 is 0 Å². The van der Waals surface area contributed by atoms with Crippen LogP contribution in [0.1, 0.15) is 28.3 Å². The van der Waals surface area contributed by atoms with Crippen molar-refractivity contribution in [2.75, 3.05) is 0 Å². The van der Waals surface area contributed by atoms with E-state index in [1.807, 2.05) is 38.1 Å². The molecule has 0 spiro atoms. The summed E-state index contributed by atoms with van der Waals surface area (Å²) in [4.78, 5) is 0. The summed E-state index contributed by atoms with van der Waals surface area (Å²) >= 11 is 6.24. The fourth-order valence-electron chi connectivity index (χ4n) is 2.28. The molecular formula is C16H18ClFN2. The molecule has 1 atom stereocenters. The highest BCUT2D eigenvalue weighted by Crippen LogP contribution is 2.25. The van der Waals surface area contributed by atoms with Gasteiger partial charge in [-0.25, -0.2) is 4.39 Å². The van der Waals surface area contributed by atoms with Crippen LogP contribution in [0.15, 0.2) is 36.4 Å². The number of rotatable bonds is 4. The summed E-state index contributed by atoms with van der Waals surface area (Å²) in [6, 6.07) is 10.6. The van der Waals surface area contributed by atoms with Gasteiger partial charge in [0.2, 0.25) is 0 Å². The molecule has 0 radical (unpaired) electrons. The molecule has 0 aliphatic heterocycles. The zero-order valence-corrected chi connectivity index (χ0v) is 12.3. The van der Waals surface area contributed by atoms with Crippen molar-refractivity contribution < 1.29 is 4.39 Å². The van der Waals surface area contributed by atoms with Gasteiger partial charge in [0.15, 0.2) is 0 Å². The fourth-order valence-corrected chi connectivity index (χ4v) is 2.59. The molecule has 0 heterocycles. The monoisotopic (exact) mass is 292 g/mol. The number of hydrazine groups is 1. The lowest BCUT2D eigenvalue weighted by atomic mass is 9.97. The molecule has 0 amide bonds. The molecule has 1 unspecified atom stereocenters. The van der Waals surface area contributed by atoms with Crippen LogP contribution < -0.4 is 11.3 Å². The number of hydrogen-bond acceptors (Lipinski definition) is 2. The Balaban J connectivity index is 2.28. The van der Waals surface area contributed by atoms with Crippen molar-refractivity contribution >= 4 is 11.6 Å². The van der Waals surface area contributed by atoms with Crippen LogP contribution >= 0.6 is 11.6 Å². The van der Waals surface area contributed by atoms with Gasteiger partial charge >= 0.3 is 0 Å². The smallest absolute Gasteiger partial charge is 0.123 e. The van der Waals surface area contributed by atoms with Crippen LogP contribution in [0.5, 0.6) is 0 Å². The fraction of sp³-hybridized carbons (Fsp3) is 0.250. The average molecular weight is 293 g/mol. The topological polar surface area (TPSA) is 38.0 Å². The van der Waals surface area contributed by atoms with E-state index < -0.39 is 0 Å². The van der Waals surface area contributed by atoms with E-state index in [-0.39, 0.29) is 11.9 Å². The van der Waals surface area contributed by atoms with Crippen LogP contribution in [0.4, 0.5) is 4.39 Å². The van der Waals surface area contributed by atoms with Crippen LogP contribution in [-0.2, 0) is 6.42 Å². The third kappa shape index (κ3) is 3.57. The molecule has 0 saturated carbocycles. The van der Waals surface area contributed by atoms with Crippen molar-refractivity contribution in [3.05, 3.63) is 69.5 Å². The molecule has 106 valence electrons. The maximum atomic E-state index is 13.5. The van der Waals surface area contributed by atoms with Crippen molar-refractivity contribution in [1.82, 2.24) is 5.43 Å². The SMILES string of the molecule is Cc1cc(F)cc(C(Cc2ccc(C)cc2Cl)NN)c1. The highest BCUT2D eigenvalue weighted by molar-refractivity contribution is 6.31. The van der Waals surface area contributed by atoms with Gasteiger partial charge in [-0.05, 0) is 60.7 Å². The molecule has 0 aromatic heterocycles. The minimum absolute atomic E-state index is 0.176. The minimum Gasteiger partial charge on any atom is -0.271 e. The van der Waals surface area contributed by atoms with E-state index in [4.69, 9.17) is 17.4 Å².